The number of nitrogens with one attached hydrogen (secondary N) is 3. The Balaban J connectivity index is 0.00000264. The lowest BCUT2D eigenvalue weighted by Gasteiger charge is -2.09. The Hall–Kier alpha value is -1.64. The predicted molar refractivity (Wildman–Crippen MR) is 91.6 cm³/mol. The number of amidine groups is 1. The summed E-state index contributed by atoms with van der Waals surface area (Å²) in [7, 11) is -3.57. The summed E-state index contributed by atoms with van der Waals surface area (Å²) >= 11 is 0. The summed E-state index contributed by atoms with van der Waals surface area (Å²) < 4.78 is 26.3. The SMILES string of the molecule is CCNCCNC(=O)C(C)N=C1NS(=O)(=O)c2ccccc21.Cl. The lowest BCUT2D eigenvalue weighted by molar-refractivity contribution is -0.121. The van der Waals surface area contributed by atoms with Crippen molar-refractivity contribution < 1.29 is 13.2 Å². The van der Waals surface area contributed by atoms with Gasteiger partial charge >= 0.3 is 0 Å². The molecule has 3 N–H and O–H groups in total. The van der Waals surface area contributed by atoms with Gasteiger partial charge in [-0.3, -0.25) is 14.5 Å². The monoisotopic (exact) mass is 360 g/mol. The highest BCUT2D eigenvalue weighted by Crippen LogP contribution is 2.22. The second-order valence-electron chi connectivity index (χ2n) is 4.90. The minimum Gasteiger partial charge on any atom is -0.353 e. The van der Waals surface area contributed by atoms with Crippen LogP contribution in [0.1, 0.15) is 19.4 Å². The number of carbonyl (C=O) groups is 1. The van der Waals surface area contributed by atoms with Gasteiger partial charge in [0.05, 0.1) is 4.90 Å². The first-order valence-electron chi connectivity index (χ1n) is 7.14. The molecule has 1 aromatic rings. The van der Waals surface area contributed by atoms with Gasteiger partial charge in [-0.15, -0.1) is 12.4 Å². The molecule has 9 heteroatoms. The molecular weight excluding hydrogens is 340 g/mol. The van der Waals surface area contributed by atoms with Crippen molar-refractivity contribution in [3.8, 4) is 0 Å². The van der Waals surface area contributed by atoms with E-state index in [1.54, 1.807) is 25.1 Å². The third-order valence-corrected chi connectivity index (χ3v) is 4.61. The lowest BCUT2D eigenvalue weighted by Crippen LogP contribution is -2.37. The van der Waals surface area contributed by atoms with E-state index in [0.29, 0.717) is 18.7 Å². The van der Waals surface area contributed by atoms with Gasteiger partial charge in [0.25, 0.3) is 10.0 Å². The fourth-order valence-electron chi connectivity index (χ4n) is 2.08. The van der Waals surface area contributed by atoms with Crippen LogP contribution < -0.4 is 15.4 Å². The van der Waals surface area contributed by atoms with Crippen molar-refractivity contribution in [3.63, 3.8) is 0 Å². The van der Waals surface area contributed by atoms with Crippen molar-refractivity contribution in [2.45, 2.75) is 24.8 Å². The molecule has 0 radical (unpaired) electrons. The van der Waals surface area contributed by atoms with Crippen molar-refractivity contribution in [2.75, 3.05) is 19.6 Å². The second-order valence-corrected chi connectivity index (χ2v) is 6.55. The number of hydrogen-bond acceptors (Lipinski definition) is 5. The van der Waals surface area contributed by atoms with Crippen LogP contribution in [0.2, 0.25) is 0 Å². The number of hydrogen-bond donors (Lipinski definition) is 3. The molecule has 1 aromatic carbocycles. The average Bonchev–Trinajstić information content (AvgIpc) is 2.75. The number of fused-ring (bicyclic) bond motifs is 1. The molecule has 23 heavy (non-hydrogen) atoms. The van der Waals surface area contributed by atoms with Crippen molar-refractivity contribution in [3.05, 3.63) is 29.8 Å². The number of halogens is 1. The zero-order valence-electron chi connectivity index (χ0n) is 13.0. The third kappa shape index (κ3) is 4.66. The van der Waals surface area contributed by atoms with Gasteiger partial charge in [-0.1, -0.05) is 19.1 Å². The highest BCUT2D eigenvalue weighted by molar-refractivity contribution is 7.90. The molecule has 1 amide bonds. The van der Waals surface area contributed by atoms with Crippen LogP contribution in [-0.4, -0.2) is 45.8 Å². The number of carbonyl (C=O) groups excluding carboxylic acids is 1. The van der Waals surface area contributed by atoms with Crippen molar-refractivity contribution in [1.29, 1.82) is 0 Å². The van der Waals surface area contributed by atoms with E-state index in [4.69, 9.17) is 0 Å². The molecule has 0 saturated carbocycles. The molecule has 0 aromatic heterocycles. The Morgan fingerprint density at radius 1 is 1.30 bits per heavy atom. The maximum Gasteiger partial charge on any atom is 0.263 e. The minimum absolute atomic E-state index is 0. The molecule has 0 aliphatic carbocycles. The third-order valence-electron chi connectivity index (χ3n) is 3.22. The summed E-state index contributed by atoms with van der Waals surface area (Å²) in [6.07, 6.45) is 0. The molecule has 1 unspecified atom stereocenters. The van der Waals surface area contributed by atoms with Gasteiger partial charge in [0, 0.05) is 18.7 Å². The average molecular weight is 361 g/mol. The van der Waals surface area contributed by atoms with Gasteiger partial charge in [-0.25, -0.2) is 8.42 Å². The summed E-state index contributed by atoms with van der Waals surface area (Å²) in [4.78, 5) is 16.3. The molecular formula is C14H21ClN4O3S. The highest BCUT2D eigenvalue weighted by atomic mass is 35.5. The van der Waals surface area contributed by atoms with E-state index < -0.39 is 16.1 Å². The van der Waals surface area contributed by atoms with Crippen LogP contribution in [0, 0.1) is 0 Å². The van der Waals surface area contributed by atoms with E-state index in [2.05, 4.69) is 20.3 Å². The summed E-state index contributed by atoms with van der Waals surface area (Å²) in [5.41, 5.74) is 0.495. The molecule has 1 atom stereocenters. The van der Waals surface area contributed by atoms with Crippen LogP contribution >= 0.6 is 12.4 Å². The van der Waals surface area contributed by atoms with Crippen molar-refractivity contribution in [2.24, 2.45) is 4.99 Å². The first-order chi connectivity index (χ1) is 10.5. The number of nitrogens with zero attached hydrogens (tertiary/aromatic N) is 1. The van der Waals surface area contributed by atoms with E-state index in [1.807, 2.05) is 6.92 Å². The molecule has 0 fully saturated rings. The quantitative estimate of drug-likeness (QED) is 0.633. The van der Waals surface area contributed by atoms with E-state index >= 15 is 0 Å². The zero-order valence-corrected chi connectivity index (χ0v) is 14.6. The summed E-state index contributed by atoms with van der Waals surface area (Å²) in [5.74, 6) is -0.0288. The van der Waals surface area contributed by atoms with Gasteiger partial charge in [-0.2, -0.15) is 0 Å². The Kier molecular flexibility index (Phi) is 6.99. The molecule has 1 aliphatic rings. The summed E-state index contributed by atoms with van der Waals surface area (Å²) in [6.45, 7) is 5.64. The van der Waals surface area contributed by atoms with E-state index in [9.17, 15) is 13.2 Å². The van der Waals surface area contributed by atoms with Crippen LogP contribution in [0.25, 0.3) is 0 Å². The maximum atomic E-state index is 12.0. The van der Waals surface area contributed by atoms with Crippen LogP contribution in [0.4, 0.5) is 0 Å². The number of rotatable bonds is 6. The Bertz CT molecular complexity index is 691. The molecule has 2 rings (SSSR count). The molecule has 1 heterocycles. The molecule has 128 valence electrons. The van der Waals surface area contributed by atoms with E-state index in [-0.39, 0.29) is 29.0 Å². The van der Waals surface area contributed by atoms with Gasteiger partial charge in [0.1, 0.15) is 11.9 Å². The number of aliphatic imine (C=N–C) groups is 1. The minimum atomic E-state index is -3.57. The Labute approximate surface area is 142 Å². The number of benzene rings is 1. The standard InChI is InChI=1S/C14H20N4O3S.ClH/c1-3-15-8-9-16-14(19)10(2)17-13-11-6-4-5-7-12(11)22(20,21)18-13;/h4-7,10,15H,3,8-9H2,1-2H3,(H,16,19)(H,17,18);1H. The van der Waals surface area contributed by atoms with Crippen molar-refractivity contribution >= 4 is 34.2 Å². The molecule has 0 saturated heterocycles. The first-order valence-corrected chi connectivity index (χ1v) is 8.62. The van der Waals surface area contributed by atoms with Crippen LogP contribution in [-0.2, 0) is 14.8 Å². The normalized spacial score (nSPS) is 17.7. The van der Waals surface area contributed by atoms with E-state index in [1.165, 1.54) is 6.07 Å². The largest absolute Gasteiger partial charge is 0.353 e. The maximum absolute atomic E-state index is 12.0. The van der Waals surface area contributed by atoms with Gasteiger partial charge in [0.15, 0.2) is 0 Å². The molecule has 0 spiro atoms. The molecule has 1 aliphatic heterocycles. The number of sulfonamides is 1. The Morgan fingerprint density at radius 2 is 2.00 bits per heavy atom. The first kappa shape index (κ1) is 19.4. The summed E-state index contributed by atoms with van der Waals surface area (Å²) in [5, 5.41) is 5.85. The molecule has 0 bridgehead atoms. The fraction of sp³-hybridized carbons (Fsp3) is 0.429. The second kappa shape index (κ2) is 8.28. The lowest BCUT2D eigenvalue weighted by atomic mass is 10.2. The zero-order chi connectivity index (χ0) is 16.2. The van der Waals surface area contributed by atoms with Crippen LogP contribution in [0.5, 0.6) is 0 Å². The van der Waals surface area contributed by atoms with E-state index in [0.717, 1.165) is 6.54 Å². The fourth-order valence-corrected chi connectivity index (χ4v) is 3.32. The molecule has 7 nitrogen and oxygen atoms in total. The number of amides is 1. The predicted octanol–water partition coefficient (Wildman–Crippen LogP) is 0.261. The smallest absolute Gasteiger partial charge is 0.263 e. The Morgan fingerprint density at radius 3 is 2.70 bits per heavy atom. The van der Waals surface area contributed by atoms with Crippen molar-refractivity contribution in [1.82, 2.24) is 15.4 Å². The highest BCUT2D eigenvalue weighted by Gasteiger charge is 2.31. The number of likely N-dealkylation sites (N-methyl/N-ethyl adjacent to an activating group) is 1. The topological polar surface area (TPSA) is 99.7 Å². The summed E-state index contributed by atoms with van der Waals surface area (Å²) in [6, 6.07) is 5.89. The van der Waals surface area contributed by atoms with Gasteiger partial charge < -0.3 is 10.6 Å². The van der Waals surface area contributed by atoms with Gasteiger partial charge in [0.2, 0.25) is 5.91 Å². The van der Waals surface area contributed by atoms with Crippen LogP contribution in [0.15, 0.2) is 34.2 Å². The van der Waals surface area contributed by atoms with Gasteiger partial charge in [-0.05, 0) is 25.6 Å². The van der Waals surface area contributed by atoms with Crippen LogP contribution in [0.3, 0.4) is 0 Å².